The molecule has 4 heteroatoms. The first-order chi connectivity index (χ1) is 10.1. The third-order valence-corrected chi connectivity index (χ3v) is 4.44. The van der Waals surface area contributed by atoms with Crippen LogP contribution in [0.15, 0.2) is 18.2 Å². The zero-order valence-electron chi connectivity index (χ0n) is 13.1. The zero-order valence-corrected chi connectivity index (χ0v) is 13.1. The van der Waals surface area contributed by atoms with Crippen molar-refractivity contribution in [3.05, 3.63) is 29.5 Å². The van der Waals surface area contributed by atoms with Gasteiger partial charge in [0.05, 0.1) is 17.3 Å². The van der Waals surface area contributed by atoms with E-state index in [1.54, 1.807) is 19.0 Å². The molecule has 1 aliphatic rings. The summed E-state index contributed by atoms with van der Waals surface area (Å²) in [6, 6.07) is 6.49. The minimum absolute atomic E-state index is 0.0501. The Bertz CT molecular complexity index is 666. The molecular weight excluding hydrogens is 262 g/mol. The SMILES string of the molecule is CCc1nn(C2CCCC2)c2cc(C(=O)N(C)C)ccc12. The molecule has 1 aromatic carbocycles. The molecule has 0 N–H and O–H groups in total. The fourth-order valence-corrected chi connectivity index (χ4v) is 3.28. The largest absolute Gasteiger partial charge is 0.345 e. The van der Waals surface area contributed by atoms with E-state index in [0.29, 0.717) is 6.04 Å². The van der Waals surface area contributed by atoms with E-state index in [2.05, 4.69) is 17.7 Å². The van der Waals surface area contributed by atoms with Crippen LogP contribution in [0.4, 0.5) is 0 Å². The van der Waals surface area contributed by atoms with Crippen LogP contribution in [-0.2, 0) is 6.42 Å². The highest BCUT2D eigenvalue weighted by atomic mass is 16.2. The third-order valence-electron chi connectivity index (χ3n) is 4.44. The van der Waals surface area contributed by atoms with Crippen LogP contribution in [0.25, 0.3) is 10.9 Å². The van der Waals surface area contributed by atoms with Gasteiger partial charge in [-0.15, -0.1) is 0 Å². The van der Waals surface area contributed by atoms with E-state index in [0.717, 1.165) is 23.2 Å². The molecule has 0 bridgehead atoms. The Kier molecular flexibility index (Phi) is 3.70. The van der Waals surface area contributed by atoms with E-state index in [4.69, 9.17) is 5.10 Å². The molecule has 1 aliphatic carbocycles. The summed E-state index contributed by atoms with van der Waals surface area (Å²) in [6.45, 7) is 2.14. The Hall–Kier alpha value is -1.84. The quantitative estimate of drug-likeness (QED) is 0.866. The highest BCUT2D eigenvalue weighted by molar-refractivity contribution is 5.98. The molecule has 1 heterocycles. The first-order valence-electron chi connectivity index (χ1n) is 7.84. The van der Waals surface area contributed by atoms with Gasteiger partial charge < -0.3 is 4.90 Å². The first kappa shape index (κ1) is 14.1. The number of amides is 1. The molecule has 0 saturated heterocycles. The second-order valence-corrected chi connectivity index (χ2v) is 6.11. The molecule has 2 aromatic rings. The molecule has 0 atom stereocenters. The van der Waals surface area contributed by atoms with Gasteiger partial charge in [-0.1, -0.05) is 25.8 Å². The van der Waals surface area contributed by atoms with E-state index in [1.165, 1.54) is 31.1 Å². The van der Waals surface area contributed by atoms with Crippen LogP contribution in [-0.4, -0.2) is 34.7 Å². The van der Waals surface area contributed by atoms with Gasteiger partial charge in [-0.3, -0.25) is 9.48 Å². The Morgan fingerprint density at radius 3 is 2.67 bits per heavy atom. The smallest absolute Gasteiger partial charge is 0.253 e. The minimum atomic E-state index is 0.0501. The van der Waals surface area contributed by atoms with E-state index < -0.39 is 0 Å². The van der Waals surface area contributed by atoms with Gasteiger partial charge >= 0.3 is 0 Å². The molecule has 3 rings (SSSR count). The Morgan fingerprint density at radius 2 is 2.05 bits per heavy atom. The molecule has 0 unspecified atom stereocenters. The average molecular weight is 285 g/mol. The zero-order chi connectivity index (χ0) is 15.0. The summed E-state index contributed by atoms with van der Waals surface area (Å²) in [7, 11) is 3.58. The maximum absolute atomic E-state index is 12.2. The van der Waals surface area contributed by atoms with Crippen LogP contribution in [0.2, 0.25) is 0 Å². The van der Waals surface area contributed by atoms with E-state index >= 15 is 0 Å². The standard InChI is InChI=1S/C17H23N3O/c1-4-15-14-10-9-12(17(21)19(2)3)11-16(14)20(18-15)13-7-5-6-8-13/h9-11,13H,4-8H2,1-3H3. The number of fused-ring (bicyclic) bond motifs is 1. The molecular formula is C17H23N3O. The molecule has 0 radical (unpaired) electrons. The summed E-state index contributed by atoms with van der Waals surface area (Å²) in [6.07, 6.45) is 5.89. The van der Waals surface area contributed by atoms with Crippen LogP contribution in [0.3, 0.4) is 0 Å². The second-order valence-electron chi connectivity index (χ2n) is 6.11. The van der Waals surface area contributed by atoms with Crippen LogP contribution in [0.1, 0.15) is 54.7 Å². The van der Waals surface area contributed by atoms with Crippen molar-refractivity contribution >= 4 is 16.8 Å². The van der Waals surface area contributed by atoms with Gasteiger partial charge in [0.15, 0.2) is 0 Å². The van der Waals surface area contributed by atoms with Gasteiger partial charge in [0, 0.05) is 25.0 Å². The van der Waals surface area contributed by atoms with Gasteiger partial charge in [0.25, 0.3) is 5.91 Å². The van der Waals surface area contributed by atoms with E-state index in [9.17, 15) is 4.79 Å². The molecule has 0 spiro atoms. The van der Waals surface area contributed by atoms with Gasteiger partial charge in [0.2, 0.25) is 0 Å². The summed E-state index contributed by atoms with van der Waals surface area (Å²) >= 11 is 0. The molecule has 1 amide bonds. The average Bonchev–Trinajstić information content (AvgIpc) is 3.12. The number of aryl methyl sites for hydroxylation is 1. The van der Waals surface area contributed by atoms with Crippen molar-refractivity contribution in [2.75, 3.05) is 14.1 Å². The Balaban J connectivity index is 2.13. The molecule has 1 fully saturated rings. The van der Waals surface area contributed by atoms with Gasteiger partial charge in [-0.2, -0.15) is 5.10 Å². The number of carbonyl (C=O) groups excluding carboxylic acids is 1. The van der Waals surface area contributed by atoms with Crippen LogP contribution < -0.4 is 0 Å². The fraction of sp³-hybridized carbons (Fsp3) is 0.529. The third kappa shape index (κ3) is 2.43. The molecule has 0 aliphatic heterocycles. The summed E-state index contributed by atoms with van der Waals surface area (Å²) < 4.78 is 2.17. The molecule has 1 aromatic heterocycles. The topological polar surface area (TPSA) is 38.1 Å². The number of nitrogens with zero attached hydrogens (tertiary/aromatic N) is 3. The van der Waals surface area contributed by atoms with Crippen molar-refractivity contribution in [2.24, 2.45) is 0 Å². The van der Waals surface area contributed by atoms with E-state index in [-0.39, 0.29) is 5.91 Å². The lowest BCUT2D eigenvalue weighted by Gasteiger charge is -2.13. The molecule has 4 nitrogen and oxygen atoms in total. The van der Waals surface area contributed by atoms with Crippen LogP contribution >= 0.6 is 0 Å². The summed E-state index contributed by atoms with van der Waals surface area (Å²) in [4.78, 5) is 13.8. The summed E-state index contributed by atoms with van der Waals surface area (Å²) in [5.74, 6) is 0.0501. The second kappa shape index (κ2) is 5.51. The lowest BCUT2D eigenvalue weighted by atomic mass is 10.1. The van der Waals surface area contributed by atoms with Crippen LogP contribution in [0, 0.1) is 0 Å². The number of hydrogen-bond acceptors (Lipinski definition) is 2. The first-order valence-corrected chi connectivity index (χ1v) is 7.84. The number of benzene rings is 1. The highest BCUT2D eigenvalue weighted by Gasteiger charge is 2.22. The van der Waals surface area contributed by atoms with Crippen molar-refractivity contribution in [1.29, 1.82) is 0 Å². The molecule has 21 heavy (non-hydrogen) atoms. The highest BCUT2D eigenvalue weighted by Crippen LogP contribution is 2.33. The van der Waals surface area contributed by atoms with Gasteiger partial charge in [0.1, 0.15) is 0 Å². The number of aromatic nitrogens is 2. The van der Waals surface area contributed by atoms with Crippen molar-refractivity contribution in [2.45, 2.75) is 45.1 Å². The summed E-state index contributed by atoms with van der Waals surface area (Å²) in [5.41, 5.74) is 3.00. The molecule has 1 saturated carbocycles. The lowest BCUT2D eigenvalue weighted by Crippen LogP contribution is -2.21. The number of rotatable bonds is 3. The van der Waals surface area contributed by atoms with Crippen molar-refractivity contribution in [1.82, 2.24) is 14.7 Å². The minimum Gasteiger partial charge on any atom is -0.345 e. The lowest BCUT2D eigenvalue weighted by molar-refractivity contribution is 0.0827. The summed E-state index contributed by atoms with van der Waals surface area (Å²) in [5, 5.41) is 6.02. The van der Waals surface area contributed by atoms with E-state index in [1.807, 2.05) is 12.1 Å². The monoisotopic (exact) mass is 285 g/mol. The van der Waals surface area contributed by atoms with Crippen molar-refractivity contribution < 1.29 is 4.79 Å². The Morgan fingerprint density at radius 1 is 1.33 bits per heavy atom. The predicted octanol–water partition coefficient (Wildman–Crippen LogP) is 3.42. The van der Waals surface area contributed by atoms with Gasteiger partial charge in [-0.05, 0) is 31.4 Å². The Labute approximate surface area is 125 Å². The number of hydrogen-bond donors (Lipinski definition) is 0. The molecule has 112 valence electrons. The van der Waals surface area contributed by atoms with Gasteiger partial charge in [-0.25, -0.2) is 0 Å². The number of carbonyl (C=O) groups is 1. The predicted molar refractivity (Wildman–Crippen MR) is 84.6 cm³/mol. The fourth-order valence-electron chi connectivity index (χ4n) is 3.28. The van der Waals surface area contributed by atoms with Crippen molar-refractivity contribution in [3.8, 4) is 0 Å². The normalized spacial score (nSPS) is 15.8. The van der Waals surface area contributed by atoms with Crippen LogP contribution in [0.5, 0.6) is 0 Å². The van der Waals surface area contributed by atoms with Crippen molar-refractivity contribution in [3.63, 3.8) is 0 Å². The maximum Gasteiger partial charge on any atom is 0.253 e. The maximum atomic E-state index is 12.2.